The molecule has 0 fully saturated rings. The number of aromatic carboxylic acids is 1. The Morgan fingerprint density at radius 3 is 1.65 bits per heavy atom. The molecule has 0 radical (unpaired) electrons. The number of hydrogen-bond donors (Lipinski definition) is 5. The Morgan fingerprint density at radius 2 is 1.45 bits per heavy atom. The third-order valence-corrected chi connectivity index (χ3v) is 1.31. The summed E-state index contributed by atoms with van der Waals surface area (Å²) in [5, 5.41) is 32.3. The van der Waals surface area contributed by atoms with Gasteiger partial charge in [0.1, 0.15) is 11.3 Å². The van der Waals surface area contributed by atoms with Crippen LogP contribution in [0.1, 0.15) is 17.3 Å². The number of nitrogens with two attached hydrogens (primary N) is 1. The van der Waals surface area contributed by atoms with Crippen molar-refractivity contribution in [2.75, 3.05) is 6.54 Å². The minimum atomic E-state index is -1.11. The van der Waals surface area contributed by atoms with Gasteiger partial charge in [-0.3, -0.25) is 9.59 Å². The van der Waals surface area contributed by atoms with Crippen LogP contribution in [0.25, 0.3) is 0 Å². The van der Waals surface area contributed by atoms with E-state index >= 15 is 0 Å². The van der Waals surface area contributed by atoms with Crippen molar-refractivity contribution in [1.29, 1.82) is 0 Å². The number of rotatable bonds is 2. The fraction of sp³-hybridized carbons (Fsp3) is 0.182. The number of benzene rings is 1. The number of aliphatic carboxylic acids is 2. The normalized spacial score (nSPS) is 7.70. The van der Waals surface area contributed by atoms with Gasteiger partial charge in [0.2, 0.25) is 0 Å². The molecule has 0 atom stereocenters. The quantitative estimate of drug-likeness (QED) is 0.448. The predicted molar refractivity (Wildman–Crippen MR) is 73.6 cm³/mol. The average molecular weight is 315 g/mol. The molecule has 0 aliphatic rings. The number of para-hydroxylation sites is 1. The minimum absolute atomic E-state index is 0. The van der Waals surface area contributed by atoms with Gasteiger partial charge in [0, 0.05) is 6.92 Å². The topological polar surface area (TPSA) is 158 Å². The van der Waals surface area contributed by atoms with Crippen LogP contribution in [0.3, 0.4) is 0 Å². The Kier molecular flexibility index (Phi) is 16.7. The molecule has 110 valence electrons. The predicted octanol–water partition coefficient (Wildman–Crippen LogP) is -0.705. The molecule has 8 nitrogen and oxygen atoms in total. The zero-order chi connectivity index (χ0) is 15.4. The fourth-order valence-corrected chi connectivity index (χ4v) is 0.654. The maximum atomic E-state index is 10.3. The van der Waals surface area contributed by atoms with Gasteiger partial charge in [0.25, 0.3) is 5.97 Å². The summed E-state index contributed by atoms with van der Waals surface area (Å²) in [6.07, 6.45) is 0. The maximum absolute atomic E-state index is 10.3. The first-order valence-corrected chi connectivity index (χ1v) is 4.85. The molecule has 0 aliphatic carbocycles. The van der Waals surface area contributed by atoms with E-state index < -0.39 is 17.9 Å². The van der Waals surface area contributed by atoms with Gasteiger partial charge in [-0.25, -0.2) is 4.79 Å². The molecule has 0 bridgehead atoms. The number of carboxylic acids is 3. The van der Waals surface area contributed by atoms with Gasteiger partial charge in [-0.2, -0.15) is 0 Å². The van der Waals surface area contributed by atoms with Crippen LogP contribution in [0, 0.1) is 0 Å². The van der Waals surface area contributed by atoms with Crippen molar-refractivity contribution in [3.05, 3.63) is 29.8 Å². The third kappa shape index (κ3) is 16.6. The van der Waals surface area contributed by atoms with Crippen LogP contribution in [0.2, 0.25) is 0 Å². The molecule has 9 heteroatoms. The molecule has 1 rings (SSSR count). The van der Waals surface area contributed by atoms with Gasteiger partial charge in [0.15, 0.2) is 0 Å². The monoisotopic (exact) mass is 315 g/mol. The fourth-order valence-electron chi connectivity index (χ4n) is 0.654. The van der Waals surface area contributed by atoms with Gasteiger partial charge >= 0.3 is 49.7 Å². The van der Waals surface area contributed by atoms with Crippen LogP contribution >= 0.6 is 0 Å². The SMILES string of the molecule is CC(=O)O.NCC(=O)O.O=C(O)c1ccccc1O.[CaH2]. The first kappa shape index (κ1) is 23.7. The number of carbonyl (C=O) groups is 3. The number of carboxylic acid groups (broad SMARTS) is 3. The Balaban J connectivity index is -0.000000247. The Labute approximate surface area is 144 Å². The van der Waals surface area contributed by atoms with E-state index in [4.69, 9.17) is 25.2 Å². The number of hydrogen-bond acceptors (Lipinski definition) is 5. The van der Waals surface area contributed by atoms with E-state index in [1.165, 1.54) is 12.1 Å². The molecular weight excluding hydrogens is 298 g/mol. The summed E-state index contributed by atoms with van der Waals surface area (Å²) in [6.45, 7) is 0.806. The molecule has 0 saturated carbocycles. The van der Waals surface area contributed by atoms with Crippen molar-refractivity contribution in [3.8, 4) is 5.75 Å². The summed E-state index contributed by atoms with van der Waals surface area (Å²) in [4.78, 5) is 28.5. The van der Waals surface area contributed by atoms with E-state index in [-0.39, 0.29) is 55.6 Å². The van der Waals surface area contributed by atoms with Crippen molar-refractivity contribution >= 4 is 55.6 Å². The molecular formula is C11H17CaNO7. The van der Waals surface area contributed by atoms with E-state index in [0.29, 0.717) is 0 Å². The standard InChI is InChI=1S/C7H6O3.C2H5NO2.C2H4O2.Ca.2H/c8-6-4-2-1-3-5(6)7(9)10;3-1-2(4)5;1-2(3)4;;;/h1-4,8H,(H,9,10);1,3H2,(H,4,5);1H3,(H,3,4);;;. The van der Waals surface area contributed by atoms with Crippen molar-refractivity contribution < 1.29 is 34.8 Å². The molecule has 0 saturated heterocycles. The van der Waals surface area contributed by atoms with Crippen LogP contribution in [-0.2, 0) is 9.59 Å². The van der Waals surface area contributed by atoms with Crippen molar-refractivity contribution in [2.45, 2.75) is 6.92 Å². The summed E-state index contributed by atoms with van der Waals surface area (Å²) < 4.78 is 0. The molecule has 0 amide bonds. The van der Waals surface area contributed by atoms with Crippen LogP contribution in [-0.4, -0.2) is 82.6 Å². The zero-order valence-electron chi connectivity index (χ0n) is 10.1. The summed E-state index contributed by atoms with van der Waals surface area (Å²) >= 11 is 0. The summed E-state index contributed by atoms with van der Waals surface area (Å²) in [5.41, 5.74) is 4.50. The van der Waals surface area contributed by atoms with Crippen LogP contribution in [0.5, 0.6) is 5.75 Å². The Hall–Kier alpha value is -1.35. The second-order valence-corrected chi connectivity index (χ2v) is 2.94. The van der Waals surface area contributed by atoms with Crippen LogP contribution < -0.4 is 5.73 Å². The molecule has 0 heterocycles. The van der Waals surface area contributed by atoms with Gasteiger partial charge in [-0.1, -0.05) is 12.1 Å². The summed E-state index contributed by atoms with van der Waals surface area (Å²) in [7, 11) is 0. The molecule has 1 aromatic carbocycles. The first-order valence-electron chi connectivity index (χ1n) is 4.85. The molecule has 6 N–H and O–H groups in total. The van der Waals surface area contributed by atoms with Gasteiger partial charge in [-0.15, -0.1) is 0 Å². The average Bonchev–Trinajstić information content (AvgIpc) is 2.29. The molecule has 20 heavy (non-hydrogen) atoms. The second kappa shape index (κ2) is 14.1. The van der Waals surface area contributed by atoms with Crippen molar-refractivity contribution in [1.82, 2.24) is 0 Å². The number of aromatic hydroxyl groups is 1. The Bertz CT molecular complexity index is 433. The van der Waals surface area contributed by atoms with Gasteiger partial charge in [-0.05, 0) is 12.1 Å². The number of phenols is 1. The summed E-state index contributed by atoms with van der Waals surface area (Å²) in [5.74, 6) is -3.11. The van der Waals surface area contributed by atoms with Crippen molar-refractivity contribution in [2.24, 2.45) is 5.73 Å². The molecule has 0 spiro atoms. The van der Waals surface area contributed by atoms with Gasteiger partial charge < -0.3 is 26.2 Å². The van der Waals surface area contributed by atoms with Gasteiger partial charge in [0.05, 0.1) is 6.54 Å². The van der Waals surface area contributed by atoms with E-state index in [0.717, 1.165) is 6.92 Å². The third-order valence-electron chi connectivity index (χ3n) is 1.31. The molecule has 1 aromatic rings. The van der Waals surface area contributed by atoms with E-state index in [1.807, 2.05) is 0 Å². The van der Waals surface area contributed by atoms with E-state index in [9.17, 15) is 9.59 Å². The summed E-state index contributed by atoms with van der Waals surface area (Å²) in [6, 6.07) is 5.81. The molecule has 0 aliphatic heterocycles. The van der Waals surface area contributed by atoms with Crippen LogP contribution in [0.15, 0.2) is 24.3 Å². The van der Waals surface area contributed by atoms with Crippen molar-refractivity contribution in [3.63, 3.8) is 0 Å². The Morgan fingerprint density at radius 1 is 1.10 bits per heavy atom. The first-order chi connectivity index (χ1) is 8.72. The van der Waals surface area contributed by atoms with E-state index in [2.05, 4.69) is 5.73 Å². The zero-order valence-corrected chi connectivity index (χ0v) is 10.1. The van der Waals surface area contributed by atoms with Crippen LogP contribution in [0.4, 0.5) is 0 Å². The molecule has 0 unspecified atom stereocenters. The second-order valence-electron chi connectivity index (χ2n) is 2.94. The molecule has 0 aromatic heterocycles. The van der Waals surface area contributed by atoms with E-state index in [1.54, 1.807) is 12.1 Å².